The Morgan fingerprint density at radius 3 is 2.16 bits per heavy atom. The lowest BCUT2D eigenvalue weighted by Crippen LogP contribution is -2.53. The van der Waals surface area contributed by atoms with E-state index in [-0.39, 0.29) is 35.9 Å². The normalized spacial score (nSPS) is 21.4. The molecule has 4 N–H and O–H groups in total. The van der Waals surface area contributed by atoms with Gasteiger partial charge in [-0.2, -0.15) is 0 Å². The fourth-order valence-corrected chi connectivity index (χ4v) is 6.99. The number of hydrogen-bond donors (Lipinski definition) is 4. The van der Waals surface area contributed by atoms with Crippen LogP contribution < -0.4 is 16.0 Å². The Kier molecular flexibility index (Phi) is 14.4. The molecular weight excluding hydrogens is 562 g/mol. The van der Waals surface area contributed by atoms with Crippen molar-refractivity contribution in [3.63, 3.8) is 0 Å². The number of ketones is 2. The van der Waals surface area contributed by atoms with Gasteiger partial charge in [0, 0.05) is 24.3 Å². The van der Waals surface area contributed by atoms with E-state index < -0.39 is 30.0 Å². The van der Waals surface area contributed by atoms with E-state index >= 15 is 0 Å². The highest BCUT2D eigenvalue weighted by Gasteiger charge is 2.45. The first-order valence-corrected chi connectivity index (χ1v) is 17.5. The molecule has 250 valence electrons. The zero-order valence-corrected chi connectivity index (χ0v) is 28.4. The summed E-state index contributed by atoms with van der Waals surface area (Å²) in [5, 5.41) is 20.9. The number of carbonyl (C=O) groups excluding carboxylic acids is 3. The third-order valence-corrected chi connectivity index (χ3v) is 10.1. The summed E-state index contributed by atoms with van der Waals surface area (Å²) in [6.07, 6.45) is 7.79. The zero-order valence-electron chi connectivity index (χ0n) is 28.4. The Morgan fingerprint density at radius 1 is 1.00 bits per heavy atom. The van der Waals surface area contributed by atoms with Crippen molar-refractivity contribution in [1.82, 2.24) is 16.0 Å². The van der Waals surface area contributed by atoms with Crippen LogP contribution in [-0.4, -0.2) is 46.8 Å². The first-order chi connectivity index (χ1) is 21.5. The van der Waals surface area contributed by atoms with Crippen molar-refractivity contribution in [3.8, 4) is 0 Å². The number of fused-ring (bicyclic) bond motifs is 1. The van der Waals surface area contributed by atoms with E-state index in [4.69, 9.17) is 0 Å². The molecule has 2 aliphatic rings. The van der Waals surface area contributed by atoms with Gasteiger partial charge in [-0.1, -0.05) is 77.5 Å². The highest BCUT2D eigenvalue weighted by Crippen LogP contribution is 2.45. The number of amides is 1. The van der Waals surface area contributed by atoms with Gasteiger partial charge >= 0.3 is 0 Å². The van der Waals surface area contributed by atoms with Crippen LogP contribution >= 0.6 is 0 Å². The van der Waals surface area contributed by atoms with Crippen LogP contribution in [0.1, 0.15) is 104 Å². The molecule has 3 rings (SSSR count). The van der Waals surface area contributed by atoms with E-state index in [0.29, 0.717) is 49.8 Å². The number of hydrogen-bond acceptors (Lipinski definition) is 6. The molecule has 45 heavy (non-hydrogen) atoms. The predicted octanol–water partition coefficient (Wildman–Crippen LogP) is 6.05. The van der Waals surface area contributed by atoms with Crippen LogP contribution in [0, 0.1) is 29.6 Å². The fraction of sp³-hybridized carbons (Fsp3) is 0.658. The predicted molar refractivity (Wildman–Crippen MR) is 182 cm³/mol. The molecule has 8 atom stereocenters. The van der Waals surface area contributed by atoms with E-state index in [2.05, 4.69) is 74.1 Å². The Labute approximate surface area is 272 Å². The van der Waals surface area contributed by atoms with Gasteiger partial charge in [0.05, 0.1) is 17.9 Å². The summed E-state index contributed by atoms with van der Waals surface area (Å²) < 4.78 is 0. The average molecular weight is 622 g/mol. The summed E-state index contributed by atoms with van der Waals surface area (Å²) in [5.74, 6) is 0.146. The number of aliphatic hydroxyl groups excluding tert-OH is 1. The second-order valence-electron chi connectivity index (χ2n) is 13.7. The fourth-order valence-electron chi connectivity index (χ4n) is 6.99. The molecule has 1 fully saturated rings. The van der Waals surface area contributed by atoms with Crippen molar-refractivity contribution in [2.75, 3.05) is 0 Å². The topological polar surface area (TPSA) is 108 Å². The molecule has 7 nitrogen and oxygen atoms in total. The van der Waals surface area contributed by atoms with Gasteiger partial charge < -0.3 is 21.1 Å². The summed E-state index contributed by atoms with van der Waals surface area (Å²) in [6.45, 7) is 18.4. The molecule has 7 unspecified atom stereocenters. The summed E-state index contributed by atoms with van der Waals surface area (Å²) in [5.41, 5.74) is 2.55. The summed E-state index contributed by atoms with van der Waals surface area (Å²) in [7, 11) is 0. The zero-order chi connectivity index (χ0) is 33.1. The van der Waals surface area contributed by atoms with E-state index in [1.807, 2.05) is 13.8 Å². The first kappa shape index (κ1) is 36.5. The molecule has 0 saturated heterocycles. The first-order valence-electron chi connectivity index (χ1n) is 17.5. The lowest BCUT2D eigenvalue weighted by Gasteiger charge is -2.34. The highest BCUT2D eigenvalue weighted by molar-refractivity contribution is 5.93. The molecule has 2 aliphatic carbocycles. The van der Waals surface area contributed by atoms with Crippen molar-refractivity contribution >= 4 is 17.5 Å². The number of allylic oxidation sites excluding steroid dienone is 1. The van der Waals surface area contributed by atoms with Crippen molar-refractivity contribution in [3.05, 3.63) is 60.4 Å². The van der Waals surface area contributed by atoms with E-state index in [1.54, 1.807) is 6.08 Å². The summed E-state index contributed by atoms with van der Waals surface area (Å²) in [6, 6.07) is 7.43. The van der Waals surface area contributed by atoms with Crippen LogP contribution in [0.4, 0.5) is 0 Å². The minimum atomic E-state index is -1.28. The maximum Gasteiger partial charge on any atom is 0.224 e. The molecular formula is C38H59N3O4. The van der Waals surface area contributed by atoms with Gasteiger partial charge in [0.25, 0.3) is 0 Å². The molecule has 0 aliphatic heterocycles. The maximum absolute atomic E-state index is 14.9. The minimum absolute atomic E-state index is 0.0481. The van der Waals surface area contributed by atoms with Gasteiger partial charge in [-0.15, -0.1) is 6.58 Å². The SMILES string of the molecule is C=CCCC(=O)C(O)C(CCC)NC(=O)C(CCC)C(CC1C[C@H]1C)C(=O)C(NC(=C)NC(C)CC)C1Cc2ccccc2C1. The lowest BCUT2D eigenvalue weighted by molar-refractivity contribution is -0.138. The van der Waals surface area contributed by atoms with Crippen LogP contribution in [0.5, 0.6) is 0 Å². The third-order valence-electron chi connectivity index (χ3n) is 10.1. The average Bonchev–Trinajstić information content (AvgIpc) is 3.55. The molecule has 7 heteroatoms. The lowest BCUT2D eigenvalue weighted by atomic mass is 9.75. The Hall–Kier alpha value is -2.93. The molecule has 1 aromatic carbocycles. The molecule has 1 saturated carbocycles. The van der Waals surface area contributed by atoms with Crippen molar-refractivity contribution < 1.29 is 19.5 Å². The van der Waals surface area contributed by atoms with Crippen LogP contribution in [0.25, 0.3) is 0 Å². The number of Topliss-reactive ketones (excluding diaryl/α,β-unsaturated/α-hetero) is 2. The molecule has 0 spiro atoms. The summed E-state index contributed by atoms with van der Waals surface area (Å²) >= 11 is 0. The molecule has 0 radical (unpaired) electrons. The van der Waals surface area contributed by atoms with Crippen LogP contribution in [-0.2, 0) is 27.2 Å². The molecule has 0 bridgehead atoms. The van der Waals surface area contributed by atoms with Crippen molar-refractivity contribution in [1.29, 1.82) is 0 Å². The number of nitrogens with one attached hydrogen (secondary N) is 3. The minimum Gasteiger partial charge on any atom is -0.383 e. The second kappa shape index (κ2) is 17.7. The molecule has 0 aromatic heterocycles. The van der Waals surface area contributed by atoms with Gasteiger partial charge in [-0.25, -0.2) is 0 Å². The van der Waals surface area contributed by atoms with Crippen LogP contribution in [0.2, 0.25) is 0 Å². The van der Waals surface area contributed by atoms with E-state index in [1.165, 1.54) is 11.1 Å². The smallest absolute Gasteiger partial charge is 0.224 e. The largest absolute Gasteiger partial charge is 0.383 e. The van der Waals surface area contributed by atoms with Gasteiger partial charge in [-0.3, -0.25) is 14.4 Å². The standard InChI is InChI=1S/C38H59N3O4/c1-8-12-19-34(42)37(44)33(16-10-3)41-38(45)31(15-9-2)32(23-29-20-24(29)5)36(43)35(40-26(7)39-25(6)11-4)30-21-27-17-13-14-18-28(27)22-30/h8,13-14,17-18,24-25,29-33,35,37,39-40,44H,1,7,9-12,15-16,19-23H2,2-6H3,(H,41,45)/t24-,25?,29?,31?,32?,33?,35?,37?/m1/s1. The van der Waals surface area contributed by atoms with Gasteiger partial charge in [-0.05, 0) is 87.2 Å². The number of rotatable bonds is 22. The van der Waals surface area contributed by atoms with Crippen molar-refractivity contribution in [2.24, 2.45) is 29.6 Å². The highest BCUT2D eigenvalue weighted by atomic mass is 16.3. The van der Waals surface area contributed by atoms with E-state index in [9.17, 15) is 19.5 Å². The second-order valence-corrected chi connectivity index (χ2v) is 13.7. The Morgan fingerprint density at radius 2 is 1.62 bits per heavy atom. The van der Waals surface area contributed by atoms with Crippen molar-refractivity contribution in [2.45, 2.75) is 129 Å². The molecule has 1 amide bonds. The van der Waals surface area contributed by atoms with Crippen LogP contribution in [0.3, 0.4) is 0 Å². The quantitative estimate of drug-likeness (QED) is 0.118. The molecule has 1 aromatic rings. The maximum atomic E-state index is 14.9. The Bertz CT molecular complexity index is 1140. The summed E-state index contributed by atoms with van der Waals surface area (Å²) in [4.78, 5) is 41.8. The third kappa shape index (κ3) is 10.3. The number of benzene rings is 1. The van der Waals surface area contributed by atoms with E-state index in [0.717, 1.165) is 32.1 Å². The van der Waals surface area contributed by atoms with Gasteiger partial charge in [0.1, 0.15) is 6.10 Å². The monoisotopic (exact) mass is 621 g/mol. The number of aliphatic hydroxyl groups is 1. The number of carbonyl (C=O) groups is 3. The van der Waals surface area contributed by atoms with Gasteiger partial charge in [0.15, 0.2) is 11.6 Å². The van der Waals surface area contributed by atoms with Gasteiger partial charge in [0.2, 0.25) is 5.91 Å². The van der Waals surface area contributed by atoms with Crippen LogP contribution in [0.15, 0.2) is 49.3 Å². The molecule has 0 heterocycles. The Balaban J connectivity index is 1.92.